The number of piperidine rings is 1. The third-order valence-corrected chi connectivity index (χ3v) is 3.01. The van der Waals surface area contributed by atoms with Crippen LogP contribution in [0.25, 0.3) is 0 Å². The standard InChI is InChI=1S/C12H20N2O3/c15-10-11-9-12(13-17-11)16-8-4-7-14-5-2-1-3-6-14/h9,15H,1-8,10H2. The number of nitrogens with zero attached hydrogens (tertiary/aromatic N) is 2. The van der Waals surface area contributed by atoms with Crippen LogP contribution < -0.4 is 4.74 Å². The van der Waals surface area contributed by atoms with Crippen molar-refractivity contribution in [3.63, 3.8) is 0 Å². The number of ether oxygens (including phenoxy) is 1. The first-order valence-corrected chi connectivity index (χ1v) is 6.30. The van der Waals surface area contributed by atoms with E-state index in [1.165, 1.54) is 32.4 Å². The van der Waals surface area contributed by atoms with E-state index in [0.29, 0.717) is 18.2 Å². The largest absolute Gasteiger partial charge is 0.475 e. The Labute approximate surface area is 101 Å². The highest BCUT2D eigenvalue weighted by Gasteiger charge is 2.09. The molecule has 2 rings (SSSR count). The van der Waals surface area contributed by atoms with Gasteiger partial charge < -0.3 is 19.3 Å². The minimum Gasteiger partial charge on any atom is -0.475 e. The maximum atomic E-state index is 8.80. The summed E-state index contributed by atoms with van der Waals surface area (Å²) in [6.45, 7) is 4.04. The first-order valence-electron chi connectivity index (χ1n) is 6.30. The molecule has 1 aromatic rings. The zero-order chi connectivity index (χ0) is 11.9. The molecule has 0 radical (unpaired) electrons. The fourth-order valence-corrected chi connectivity index (χ4v) is 2.08. The molecule has 1 saturated heterocycles. The van der Waals surface area contributed by atoms with Crippen molar-refractivity contribution in [2.45, 2.75) is 32.3 Å². The highest BCUT2D eigenvalue weighted by molar-refractivity contribution is 5.09. The summed E-state index contributed by atoms with van der Waals surface area (Å²) in [5, 5.41) is 12.5. The minimum absolute atomic E-state index is 0.135. The summed E-state index contributed by atoms with van der Waals surface area (Å²) in [7, 11) is 0. The molecule has 0 unspecified atom stereocenters. The van der Waals surface area contributed by atoms with Crippen molar-refractivity contribution in [3.05, 3.63) is 11.8 Å². The lowest BCUT2D eigenvalue weighted by Crippen LogP contribution is -2.31. The van der Waals surface area contributed by atoms with Gasteiger partial charge in [-0.3, -0.25) is 0 Å². The molecule has 1 aromatic heterocycles. The van der Waals surface area contributed by atoms with Crippen molar-refractivity contribution in [1.29, 1.82) is 0 Å². The normalized spacial score (nSPS) is 17.2. The fraction of sp³-hybridized carbons (Fsp3) is 0.750. The lowest BCUT2D eigenvalue weighted by Gasteiger charge is -2.26. The summed E-state index contributed by atoms with van der Waals surface area (Å²) in [5.74, 6) is 0.906. The van der Waals surface area contributed by atoms with Gasteiger partial charge in [0, 0.05) is 12.6 Å². The molecular formula is C12H20N2O3. The van der Waals surface area contributed by atoms with Gasteiger partial charge in [0.2, 0.25) is 0 Å². The van der Waals surface area contributed by atoms with E-state index in [-0.39, 0.29) is 6.61 Å². The van der Waals surface area contributed by atoms with Crippen molar-refractivity contribution < 1.29 is 14.4 Å². The van der Waals surface area contributed by atoms with Gasteiger partial charge in [0.25, 0.3) is 5.88 Å². The van der Waals surface area contributed by atoms with Crippen LogP contribution in [0.15, 0.2) is 10.6 Å². The maximum Gasteiger partial charge on any atom is 0.254 e. The van der Waals surface area contributed by atoms with Crippen LogP contribution in [0.2, 0.25) is 0 Å². The van der Waals surface area contributed by atoms with Gasteiger partial charge in [-0.25, -0.2) is 0 Å². The molecule has 1 N–H and O–H groups in total. The highest BCUT2D eigenvalue weighted by Crippen LogP contribution is 2.12. The van der Waals surface area contributed by atoms with Gasteiger partial charge >= 0.3 is 0 Å². The number of hydrogen-bond acceptors (Lipinski definition) is 5. The van der Waals surface area contributed by atoms with Gasteiger partial charge in [0.1, 0.15) is 6.61 Å². The quantitative estimate of drug-likeness (QED) is 0.762. The van der Waals surface area contributed by atoms with E-state index in [9.17, 15) is 0 Å². The number of aromatic nitrogens is 1. The zero-order valence-electron chi connectivity index (χ0n) is 10.1. The number of hydrogen-bond donors (Lipinski definition) is 1. The zero-order valence-corrected chi connectivity index (χ0v) is 10.1. The Kier molecular flexibility index (Phi) is 4.82. The van der Waals surface area contributed by atoms with Crippen LogP contribution in [0, 0.1) is 0 Å². The van der Waals surface area contributed by atoms with Crippen molar-refractivity contribution in [2.75, 3.05) is 26.2 Å². The molecule has 0 aromatic carbocycles. The number of aliphatic hydroxyl groups excluding tert-OH is 1. The predicted molar refractivity (Wildman–Crippen MR) is 62.8 cm³/mol. The van der Waals surface area contributed by atoms with Crippen LogP contribution in [-0.4, -0.2) is 41.4 Å². The lowest BCUT2D eigenvalue weighted by molar-refractivity contribution is 0.197. The van der Waals surface area contributed by atoms with Gasteiger partial charge in [-0.2, -0.15) is 0 Å². The van der Waals surface area contributed by atoms with E-state index in [4.69, 9.17) is 14.4 Å². The second-order valence-electron chi connectivity index (χ2n) is 4.39. The molecule has 5 heteroatoms. The first-order chi connectivity index (χ1) is 8.38. The van der Waals surface area contributed by atoms with Crippen molar-refractivity contribution in [3.8, 4) is 5.88 Å². The minimum atomic E-state index is -0.135. The second kappa shape index (κ2) is 6.61. The Morgan fingerprint density at radius 2 is 2.18 bits per heavy atom. The molecule has 17 heavy (non-hydrogen) atoms. The van der Waals surface area contributed by atoms with E-state index in [0.717, 1.165) is 13.0 Å². The first kappa shape index (κ1) is 12.4. The molecule has 0 bridgehead atoms. The molecule has 0 aliphatic carbocycles. The Balaban J connectivity index is 1.59. The van der Waals surface area contributed by atoms with Gasteiger partial charge in [-0.1, -0.05) is 6.42 Å². The van der Waals surface area contributed by atoms with Gasteiger partial charge in [0.05, 0.1) is 6.61 Å². The van der Waals surface area contributed by atoms with E-state index in [2.05, 4.69) is 10.1 Å². The Morgan fingerprint density at radius 3 is 2.88 bits per heavy atom. The Bertz CT molecular complexity index is 321. The summed E-state index contributed by atoms with van der Waals surface area (Å²) in [6, 6.07) is 1.63. The third-order valence-electron chi connectivity index (χ3n) is 3.01. The SMILES string of the molecule is OCc1cc(OCCCN2CCCCC2)no1. The lowest BCUT2D eigenvalue weighted by atomic mass is 10.1. The summed E-state index contributed by atoms with van der Waals surface area (Å²) < 4.78 is 10.3. The average Bonchev–Trinajstić information content (AvgIpc) is 2.84. The van der Waals surface area contributed by atoms with Gasteiger partial charge in [-0.15, -0.1) is 0 Å². The van der Waals surface area contributed by atoms with E-state index in [1.54, 1.807) is 6.07 Å². The number of aliphatic hydroxyl groups is 1. The van der Waals surface area contributed by atoms with Crippen molar-refractivity contribution in [1.82, 2.24) is 10.1 Å². The summed E-state index contributed by atoms with van der Waals surface area (Å²) in [4.78, 5) is 2.48. The molecule has 96 valence electrons. The molecule has 1 aliphatic rings. The monoisotopic (exact) mass is 240 g/mol. The molecule has 5 nitrogen and oxygen atoms in total. The molecule has 0 atom stereocenters. The summed E-state index contributed by atoms with van der Waals surface area (Å²) in [6.07, 6.45) is 5.02. The number of rotatable bonds is 6. The summed E-state index contributed by atoms with van der Waals surface area (Å²) >= 11 is 0. The van der Waals surface area contributed by atoms with Crippen molar-refractivity contribution in [2.24, 2.45) is 0 Å². The van der Waals surface area contributed by atoms with Gasteiger partial charge in [0.15, 0.2) is 5.76 Å². The van der Waals surface area contributed by atoms with E-state index >= 15 is 0 Å². The Hall–Kier alpha value is -1.07. The van der Waals surface area contributed by atoms with Gasteiger partial charge in [-0.05, 0) is 37.5 Å². The van der Waals surface area contributed by atoms with E-state index in [1.807, 2.05) is 0 Å². The average molecular weight is 240 g/mol. The van der Waals surface area contributed by atoms with Crippen LogP contribution in [-0.2, 0) is 6.61 Å². The van der Waals surface area contributed by atoms with Crippen LogP contribution >= 0.6 is 0 Å². The third kappa shape index (κ3) is 4.02. The number of likely N-dealkylation sites (tertiary alicyclic amines) is 1. The summed E-state index contributed by atoms with van der Waals surface area (Å²) in [5.41, 5.74) is 0. The maximum absolute atomic E-state index is 8.80. The van der Waals surface area contributed by atoms with Crippen LogP contribution in [0.1, 0.15) is 31.4 Å². The highest BCUT2D eigenvalue weighted by atomic mass is 16.5. The molecule has 0 amide bonds. The molecular weight excluding hydrogens is 220 g/mol. The second-order valence-corrected chi connectivity index (χ2v) is 4.39. The molecule has 1 fully saturated rings. The molecule has 1 aliphatic heterocycles. The smallest absolute Gasteiger partial charge is 0.254 e. The predicted octanol–water partition coefficient (Wildman–Crippen LogP) is 1.42. The molecule has 0 saturated carbocycles. The van der Waals surface area contributed by atoms with E-state index < -0.39 is 0 Å². The molecule has 2 heterocycles. The Morgan fingerprint density at radius 1 is 1.35 bits per heavy atom. The van der Waals surface area contributed by atoms with Crippen LogP contribution in [0.3, 0.4) is 0 Å². The topological polar surface area (TPSA) is 58.7 Å². The van der Waals surface area contributed by atoms with Crippen molar-refractivity contribution >= 4 is 0 Å². The fourth-order valence-electron chi connectivity index (χ4n) is 2.08. The van der Waals surface area contributed by atoms with Crippen LogP contribution in [0.4, 0.5) is 0 Å². The molecule has 0 spiro atoms. The van der Waals surface area contributed by atoms with Crippen LogP contribution in [0.5, 0.6) is 5.88 Å².